The Morgan fingerprint density at radius 3 is 2.56 bits per heavy atom. The van der Waals surface area contributed by atoms with Crippen LogP contribution in [0.25, 0.3) is 11.1 Å². The minimum Gasteiger partial charge on any atom is -0.408 e. The Balaban J connectivity index is 1.09. The van der Waals surface area contributed by atoms with E-state index in [1.54, 1.807) is 6.07 Å². The Bertz CT molecular complexity index is 1180. The highest BCUT2D eigenvalue weighted by Crippen LogP contribution is 2.50. The number of hydrogen-bond acceptors (Lipinski definition) is 4. The summed E-state index contributed by atoms with van der Waals surface area (Å²) in [5.74, 6) is -0.233. The fraction of sp³-hybridized carbons (Fsp3) is 0.417. The number of amides is 1. The number of aromatic nitrogens is 1. The molecule has 6 nitrogen and oxygen atoms in total. The second kappa shape index (κ2) is 8.49. The van der Waals surface area contributed by atoms with Crippen molar-refractivity contribution in [2.75, 3.05) is 18.4 Å². The zero-order chi connectivity index (χ0) is 22.3. The summed E-state index contributed by atoms with van der Waals surface area (Å²) in [5, 5.41) is 4.76. The highest BCUT2D eigenvalue weighted by Gasteiger charge is 2.46. The first kappa shape index (κ1) is 21.4. The number of anilines is 1. The van der Waals surface area contributed by atoms with Gasteiger partial charge in [0.15, 0.2) is 5.58 Å². The molecule has 2 aliphatic rings. The number of halogens is 2. The summed E-state index contributed by atoms with van der Waals surface area (Å²) in [6, 6.07) is 11.5. The molecule has 1 aliphatic heterocycles. The zero-order valence-electron chi connectivity index (χ0n) is 17.6. The third kappa shape index (κ3) is 4.52. The number of likely N-dealkylation sites (tertiary alicyclic amines) is 1. The molecule has 2 aromatic carbocycles. The Morgan fingerprint density at radius 2 is 1.84 bits per heavy atom. The van der Waals surface area contributed by atoms with Crippen molar-refractivity contribution in [2.24, 2.45) is 5.41 Å². The number of aryl methyl sites for hydroxylation is 1. The molecule has 0 unspecified atom stereocenters. The van der Waals surface area contributed by atoms with E-state index in [1.807, 2.05) is 35.2 Å². The molecule has 2 fully saturated rings. The van der Waals surface area contributed by atoms with Crippen LogP contribution in [-0.2, 0) is 11.2 Å². The summed E-state index contributed by atoms with van der Waals surface area (Å²) in [4.78, 5) is 28.7. The van der Waals surface area contributed by atoms with Gasteiger partial charge in [0.2, 0.25) is 5.91 Å². The lowest BCUT2D eigenvalue weighted by Gasteiger charge is -2.52. The molecule has 5 rings (SSSR count). The Morgan fingerprint density at radius 1 is 1.12 bits per heavy atom. The zero-order valence-corrected chi connectivity index (χ0v) is 19.1. The van der Waals surface area contributed by atoms with Gasteiger partial charge in [0.1, 0.15) is 0 Å². The molecule has 8 heteroatoms. The van der Waals surface area contributed by atoms with Crippen LogP contribution in [0.3, 0.4) is 0 Å². The molecule has 2 N–H and O–H groups in total. The normalized spacial score (nSPS) is 18.1. The lowest BCUT2D eigenvalue weighted by atomic mass is 9.60. The molecule has 1 saturated heterocycles. The van der Waals surface area contributed by atoms with Crippen LogP contribution >= 0.6 is 23.2 Å². The van der Waals surface area contributed by atoms with Gasteiger partial charge >= 0.3 is 5.76 Å². The Kier molecular flexibility index (Phi) is 5.68. The van der Waals surface area contributed by atoms with E-state index >= 15 is 0 Å². The van der Waals surface area contributed by atoms with Crippen LogP contribution in [0.2, 0.25) is 10.0 Å². The molecular weight excluding hydrogens is 449 g/mol. The van der Waals surface area contributed by atoms with Crippen molar-refractivity contribution in [3.05, 3.63) is 62.6 Å². The van der Waals surface area contributed by atoms with Gasteiger partial charge in [-0.15, -0.1) is 0 Å². The van der Waals surface area contributed by atoms with Gasteiger partial charge in [-0.2, -0.15) is 0 Å². The maximum atomic E-state index is 12.7. The minimum absolute atomic E-state index is 0.200. The molecule has 1 saturated carbocycles. The summed E-state index contributed by atoms with van der Waals surface area (Å²) in [6.45, 7) is 1.64. The number of benzene rings is 2. The average Bonchev–Trinajstić information content (AvgIpc) is 3.10. The lowest BCUT2D eigenvalue weighted by molar-refractivity contribution is -0.134. The van der Waals surface area contributed by atoms with Crippen LogP contribution in [0, 0.1) is 5.41 Å². The monoisotopic (exact) mass is 473 g/mol. The first-order chi connectivity index (χ1) is 15.4. The van der Waals surface area contributed by atoms with Crippen molar-refractivity contribution < 1.29 is 9.21 Å². The number of oxazole rings is 1. The predicted octanol–water partition coefficient (Wildman–Crippen LogP) is 5.24. The number of H-pyrrole nitrogens is 1. The van der Waals surface area contributed by atoms with Gasteiger partial charge in [-0.1, -0.05) is 23.2 Å². The molecule has 1 aromatic heterocycles. The van der Waals surface area contributed by atoms with Crippen LogP contribution in [0.15, 0.2) is 45.6 Å². The topological polar surface area (TPSA) is 78.3 Å². The highest BCUT2D eigenvalue weighted by atomic mass is 35.5. The molecule has 2 heterocycles. The number of carbonyl (C=O) groups is 1. The molecule has 0 radical (unpaired) electrons. The third-order valence-corrected chi connectivity index (χ3v) is 7.31. The van der Waals surface area contributed by atoms with Gasteiger partial charge in [0.05, 0.1) is 5.52 Å². The van der Waals surface area contributed by atoms with Crippen LogP contribution in [-0.4, -0.2) is 34.9 Å². The quantitative estimate of drug-likeness (QED) is 0.530. The summed E-state index contributed by atoms with van der Waals surface area (Å²) in [6.07, 6.45) is 5.43. The van der Waals surface area contributed by atoms with E-state index < -0.39 is 5.76 Å². The second-order valence-electron chi connectivity index (χ2n) is 9.13. The Hall–Kier alpha value is -2.44. The van der Waals surface area contributed by atoms with Crippen molar-refractivity contribution in [2.45, 2.75) is 44.6 Å². The van der Waals surface area contributed by atoms with Crippen molar-refractivity contribution in [3.63, 3.8) is 0 Å². The van der Waals surface area contributed by atoms with E-state index in [0.29, 0.717) is 45.4 Å². The predicted molar refractivity (Wildman–Crippen MR) is 127 cm³/mol. The molecular formula is C24H25Cl2N3O3. The van der Waals surface area contributed by atoms with Gasteiger partial charge in [0, 0.05) is 47.4 Å². The molecule has 1 spiro atoms. The maximum absolute atomic E-state index is 12.7. The molecule has 1 aliphatic carbocycles. The summed E-state index contributed by atoms with van der Waals surface area (Å²) >= 11 is 12.1. The second-order valence-corrected chi connectivity index (χ2v) is 10.0. The van der Waals surface area contributed by atoms with Crippen molar-refractivity contribution >= 4 is 45.9 Å². The van der Waals surface area contributed by atoms with Crippen LogP contribution < -0.4 is 11.1 Å². The number of nitrogens with one attached hydrogen (secondary N) is 2. The maximum Gasteiger partial charge on any atom is 0.417 e. The van der Waals surface area contributed by atoms with E-state index in [2.05, 4.69) is 10.3 Å². The largest absolute Gasteiger partial charge is 0.417 e. The standard InChI is InChI=1S/C24H25Cl2N3O3/c25-16-9-15(10-17(26)11-16)1-4-22(30)29-7-5-24(6-8-29)13-19(14-24)27-18-2-3-20-21(12-18)32-23(31)28-20/h2-3,9-12,19,27H,1,4-8,13-14H2,(H,28,31). The number of aromatic amines is 1. The Labute approximate surface area is 195 Å². The van der Waals surface area contributed by atoms with Gasteiger partial charge in [-0.25, -0.2) is 4.79 Å². The van der Waals surface area contributed by atoms with Gasteiger partial charge in [-0.05, 0) is 73.4 Å². The molecule has 32 heavy (non-hydrogen) atoms. The fourth-order valence-corrected chi connectivity index (χ4v) is 5.73. The summed E-state index contributed by atoms with van der Waals surface area (Å²) in [7, 11) is 0. The van der Waals surface area contributed by atoms with E-state index in [1.165, 1.54) is 0 Å². The minimum atomic E-state index is -0.433. The number of fused-ring (bicyclic) bond motifs is 1. The average molecular weight is 474 g/mol. The number of rotatable bonds is 5. The van der Waals surface area contributed by atoms with E-state index in [4.69, 9.17) is 27.6 Å². The molecule has 3 aromatic rings. The number of hydrogen-bond donors (Lipinski definition) is 2. The van der Waals surface area contributed by atoms with Crippen LogP contribution in [0.5, 0.6) is 0 Å². The lowest BCUT2D eigenvalue weighted by Crippen LogP contribution is -2.52. The van der Waals surface area contributed by atoms with Crippen molar-refractivity contribution in [3.8, 4) is 0 Å². The van der Waals surface area contributed by atoms with Gasteiger partial charge in [0.25, 0.3) is 0 Å². The third-order valence-electron chi connectivity index (χ3n) is 6.88. The molecule has 0 atom stereocenters. The smallest absolute Gasteiger partial charge is 0.408 e. The van der Waals surface area contributed by atoms with Crippen LogP contribution in [0.1, 0.15) is 37.7 Å². The van der Waals surface area contributed by atoms with Gasteiger partial charge < -0.3 is 14.6 Å². The van der Waals surface area contributed by atoms with Crippen molar-refractivity contribution in [1.82, 2.24) is 9.88 Å². The van der Waals surface area contributed by atoms with Crippen LogP contribution in [0.4, 0.5) is 5.69 Å². The fourth-order valence-electron chi connectivity index (χ4n) is 5.16. The molecule has 0 bridgehead atoms. The SMILES string of the molecule is O=C(CCc1cc(Cl)cc(Cl)c1)N1CCC2(CC1)CC(Nc1ccc3[nH]c(=O)oc3c1)C2. The summed E-state index contributed by atoms with van der Waals surface area (Å²) < 4.78 is 5.14. The highest BCUT2D eigenvalue weighted by molar-refractivity contribution is 6.34. The summed E-state index contributed by atoms with van der Waals surface area (Å²) in [5.41, 5.74) is 3.57. The molecule has 1 amide bonds. The van der Waals surface area contributed by atoms with Gasteiger partial charge in [-0.3, -0.25) is 9.78 Å². The number of carbonyl (C=O) groups excluding carboxylic acids is 1. The van der Waals surface area contributed by atoms with E-state index in [9.17, 15) is 9.59 Å². The first-order valence-electron chi connectivity index (χ1n) is 11.0. The number of piperidine rings is 1. The van der Waals surface area contributed by atoms with Crippen molar-refractivity contribution in [1.29, 1.82) is 0 Å². The van der Waals surface area contributed by atoms with E-state index in [-0.39, 0.29) is 5.91 Å². The first-order valence-corrected chi connectivity index (χ1v) is 11.8. The van der Waals surface area contributed by atoms with E-state index in [0.717, 1.165) is 50.0 Å². The molecule has 168 valence electrons. The number of nitrogens with zero attached hydrogens (tertiary/aromatic N) is 1.